The summed E-state index contributed by atoms with van der Waals surface area (Å²) < 4.78 is 10.5. The number of aliphatic hydroxyl groups is 1. The number of amides is 1. The molecule has 186 valence electrons. The van der Waals surface area contributed by atoms with Crippen molar-refractivity contribution in [2.24, 2.45) is 0 Å². The first-order valence-corrected chi connectivity index (χ1v) is 11.7. The van der Waals surface area contributed by atoms with Gasteiger partial charge >= 0.3 is 5.97 Å². The van der Waals surface area contributed by atoms with E-state index < -0.39 is 23.7 Å². The number of nitrogens with one attached hydrogen (secondary N) is 1. The zero-order valence-corrected chi connectivity index (χ0v) is 20.2. The van der Waals surface area contributed by atoms with E-state index in [0.717, 1.165) is 13.1 Å². The van der Waals surface area contributed by atoms with Gasteiger partial charge in [0.15, 0.2) is 0 Å². The standard InChI is InChI=1S/C25H30N4O6/c1-4-35-25(33)20-15(2)18(16(3)27-20)22(30)19-21(17-6-5-7-26-14-17)29(24(32)23(19)31)9-8-28-10-12-34-13-11-28/h5-7,14,21,27,30H,4,8-13H2,1-3H3/b22-19+. The summed E-state index contributed by atoms with van der Waals surface area (Å²) >= 11 is 0. The molecular formula is C25H30N4O6. The largest absolute Gasteiger partial charge is 0.507 e. The Bertz CT molecular complexity index is 1150. The maximum absolute atomic E-state index is 13.3. The molecule has 0 aliphatic carbocycles. The van der Waals surface area contributed by atoms with Gasteiger partial charge < -0.3 is 24.5 Å². The molecule has 10 heteroatoms. The number of aliphatic hydroxyl groups excluding tert-OH is 1. The van der Waals surface area contributed by atoms with Crippen LogP contribution in [0.25, 0.3) is 5.76 Å². The minimum absolute atomic E-state index is 0.0226. The Balaban J connectivity index is 1.77. The van der Waals surface area contributed by atoms with Gasteiger partial charge in [0, 0.05) is 49.8 Å². The van der Waals surface area contributed by atoms with Gasteiger partial charge in [-0.15, -0.1) is 0 Å². The van der Waals surface area contributed by atoms with Crippen LogP contribution >= 0.6 is 0 Å². The van der Waals surface area contributed by atoms with Crippen LogP contribution < -0.4 is 0 Å². The SMILES string of the molecule is CCOC(=O)c1[nH]c(C)c(/C(O)=C2\C(=O)C(=O)N(CCN3CCOCC3)C2c2cccnc2)c1C. The topological polar surface area (TPSA) is 125 Å². The highest BCUT2D eigenvalue weighted by Crippen LogP contribution is 2.40. The van der Waals surface area contributed by atoms with Crippen LogP contribution in [0.4, 0.5) is 0 Å². The number of aromatic nitrogens is 2. The summed E-state index contributed by atoms with van der Waals surface area (Å²) in [7, 11) is 0. The Labute approximate surface area is 203 Å². The third kappa shape index (κ3) is 4.71. The van der Waals surface area contributed by atoms with Crippen LogP contribution in [0.3, 0.4) is 0 Å². The Hall–Kier alpha value is -3.50. The number of H-pyrrole nitrogens is 1. The van der Waals surface area contributed by atoms with Gasteiger partial charge in [-0.2, -0.15) is 0 Å². The van der Waals surface area contributed by atoms with Gasteiger partial charge in [0.05, 0.1) is 31.4 Å². The molecule has 4 heterocycles. The highest BCUT2D eigenvalue weighted by molar-refractivity contribution is 6.46. The molecule has 0 spiro atoms. The molecule has 2 fully saturated rings. The fourth-order valence-electron chi connectivity index (χ4n) is 4.72. The van der Waals surface area contributed by atoms with Crippen molar-refractivity contribution < 1.29 is 29.0 Å². The van der Waals surface area contributed by atoms with Gasteiger partial charge in [-0.3, -0.25) is 19.5 Å². The number of aryl methyl sites for hydroxylation is 1. The molecular weight excluding hydrogens is 452 g/mol. The number of nitrogens with zero attached hydrogens (tertiary/aromatic N) is 3. The van der Waals surface area contributed by atoms with Gasteiger partial charge in [0.2, 0.25) is 0 Å². The van der Waals surface area contributed by atoms with Crippen LogP contribution in [0, 0.1) is 13.8 Å². The number of Topliss-reactive ketones (excluding diaryl/α,β-unsaturated/α-hetero) is 1. The minimum atomic E-state index is -0.801. The van der Waals surface area contributed by atoms with E-state index >= 15 is 0 Å². The lowest BCUT2D eigenvalue weighted by atomic mass is 9.95. The summed E-state index contributed by atoms with van der Waals surface area (Å²) in [5, 5.41) is 11.4. The highest BCUT2D eigenvalue weighted by atomic mass is 16.5. The van der Waals surface area contributed by atoms with Crippen LogP contribution in [-0.2, 0) is 19.1 Å². The second-order valence-electron chi connectivity index (χ2n) is 8.58. The predicted octanol–water partition coefficient (Wildman–Crippen LogP) is 1.96. The number of morpholine rings is 1. The smallest absolute Gasteiger partial charge is 0.355 e. The van der Waals surface area contributed by atoms with E-state index in [0.29, 0.717) is 48.7 Å². The molecule has 2 aromatic rings. The Morgan fingerprint density at radius 2 is 2.00 bits per heavy atom. The average Bonchev–Trinajstić information content (AvgIpc) is 3.30. The summed E-state index contributed by atoms with van der Waals surface area (Å²) in [5.41, 5.74) is 2.05. The number of pyridine rings is 1. The number of hydrogen-bond donors (Lipinski definition) is 2. The molecule has 0 bridgehead atoms. The van der Waals surface area contributed by atoms with Crippen molar-refractivity contribution in [3.05, 3.63) is 58.2 Å². The third-order valence-electron chi connectivity index (χ3n) is 6.45. The first kappa shape index (κ1) is 24.6. The van der Waals surface area contributed by atoms with Gasteiger partial charge in [0.1, 0.15) is 11.5 Å². The van der Waals surface area contributed by atoms with Gasteiger partial charge in [-0.1, -0.05) is 6.07 Å². The Morgan fingerprint density at radius 3 is 2.66 bits per heavy atom. The van der Waals surface area contributed by atoms with Crippen molar-refractivity contribution in [1.82, 2.24) is 19.8 Å². The van der Waals surface area contributed by atoms with Gasteiger partial charge in [0.25, 0.3) is 11.7 Å². The summed E-state index contributed by atoms with van der Waals surface area (Å²) in [6.07, 6.45) is 3.20. The second kappa shape index (κ2) is 10.4. The van der Waals surface area contributed by atoms with Crippen molar-refractivity contribution in [3.63, 3.8) is 0 Å². The number of rotatable bonds is 7. The molecule has 1 amide bonds. The van der Waals surface area contributed by atoms with Gasteiger partial charge in [-0.25, -0.2) is 4.79 Å². The maximum Gasteiger partial charge on any atom is 0.355 e. The molecule has 1 unspecified atom stereocenters. The molecule has 0 aromatic carbocycles. The molecule has 35 heavy (non-hydrogen) atoms. The van der Waals surface area contributed by atoms with E-state index in [1.54, 1.807) is 45.3 Å². The number of ether oxygens (including phenoxy) is 2. The Kier molecular flexibility index (Phi) is 7.32. The summed E-state index contributed by atoms with van der Waals surface area (Å²) in [5.74, 6) is -2.32. The number of carbonyl (C=O) groups excluding carboxylic acids is 3. The summed E-state index contributed by atoms with van der Waals surface area (Å²) in [4.78, 5) is 49.6. The monoisotopic (exact) mass is 482 g/mol. The molecule has 1 atom stereocenters. The number of esters is 1. The molecule has 2 aromatic heterocycles. The van der Waals surface area contributed by atoms with Crippen molar-refractivity contribution >= 4 is 23.4 Å². The molecule has 2 N–H and O–H groups in total. The fourth-order valence-corrected chi connectivity index (χ4v) is 4.72. The minimum Gasteiger partial charge on any atom is -0.507 e. The summed E-state index contributed by atoms with van der Waals surface area (Å²) in [6.45, 7) is 8.89. The molecule has 0 radical (unpaired) electrons. The van der Waals surface area contributed by atoms with E-state index in [1.165, 1.54) is 4.90 Å². The number of hydrogen-bond acceptors (Lipinski definition) is 8. The molecule has 2 aliphatic heterocycles. The van der Waals surface area contributed by atoms with Crippen LogP contribution in [0.2, 0.25) is 0 Å². The lowest BCUT2D eigenvalue weighted by Crippen LogP contribution is -2.42. The van der Waals surface area contributed by atoms with E-state index in [2.05, 4.69) is 14.9 Å². The number of likely N-dealkylation sites (tertiary alicyclic amines) is 1. The lowest BCUT2D eigenvalue weighted by molar-refractivity contribution is -0.140. The quantitative estimate of drug-likeness (QED) is 0.266. The van der Waals surface area contributed by atoms with Crippen molar-refractivity contribution in [2.45, 2.75) is 26.8 Å². The number of ketones is 1. The van der Waals surface area contributed by atoms with Crippen molar-refractivity contribution in [3.8, 4) is 0 Å². The predicted molar refractivity (Wildman–Crippen MR) is 127 cm³/mol. The molecule has 2 saturated heterocycles. The van der Waals surface area contributed by atoms with Crippen molar-refractivity contribution in [1.29, 1.82) is 0 Å². The Morgan fingerprint density at radius 1 is 1.26 bits per heavy atom. The fraction of sp³-hybridized carbons (Fsp3) is 0.440. The lowest BCUT2D eigenvalue weighted by Gasteiger charge is -2.30. The average molecular weight is 483 g/mol. The maximum atomic E-state index is 13.3. The zero-order valence-electron chi connectivity index (χ0n) is 20.2. The first-order chi connectivity index (χ1) is 16.8. The number of carbonyl (C=O) groups is 3. The molecule has 10 nitrogen and oxygen atoms in total. The molecule has 2 aliphatic rings. The van der Waals surface area contributed by atoms with Crippen LogP contribution in [0.15, 0.2) is 30.1 Å². The van der Waals surface area contributed by atoms with E-state index in [9.17, 15) is 19.5 Å². The summed E-state index contributed by atoms with van der Waals surface area (Å²) in [6, 6.07) is 2.70. The van der Waals surface area contributed by atoms with Crippen LogP contribution in [-0.4, -0.2) is 88.5 Å². The third-order valence-corrected chi connectivity index (χ3v) is 6.45. The second-order valence-corrected chi connectivity index (χ2v) is 8.58. The highest BCUT2D eigenvalue weighted by Gasteiger charge is 2.46. The van der Waals surface area contributed by atoms with E-state index in [4.69, 9.17) is 9.47 Å². The zero-order chi connectivity index (χ0) is 25.1. The van der Waals surface area contributed by atoms with E-state index in [1.807, 2.05) is 0 Å². The van der Waals surface area contributed by atoms with E-state index in [-0.39, 0.29) is 23.6 Å². The first-order valence-electron chi connectivity index (χ1n) is 11.7. The normalized spacial score (nSPS) is 20.4. The van der Waals surface area contributed by atoms with Crippen LogP contribution in [0.1, 0.15) is 45.8 Å². The molecule has 0 saturated carbocycles. The molecule has 4 rings (SSSR count). The van der Waals surface area contributed by atoms with Gasteiger partial charge in [-0.05, 0) is 38.0 Å². The van der Waals surface area contributed by atoms with Crippen LogP contribution in [0.5, 0.6) is 0 Å². The number of aromatic amines is 1. The van der Waals surface area contributed by atoms with Crippen molar-refractivity contribution in [2.75, 3.05) is 46.0 Å².